The average Bonchev–Trinajstić information content (AvgIpc) is 2.46. The number of nitro groups is 1. The monoisotopic (exact) mass is 294 g/mol. The lowest BCUT2D eigenvalue weighted by atomic mass is 9.85. The van der Waals surface area contributed by atoms with Crippen molar-refractivity contribution in [2.24, 2.45) is 5.92 Å². The molecule has 0 bridgehead atoms. The summed E-state index contributed by atoms with van der Waals surface area (Å²) in [6.45, 7) is 3.77. The molecular formula is C14H22N4O3. The first-order chi connectivity index (χ1) is 10.0. The van der Waals surface area contributed by atoms with Gasteiger partial charge in [0, 0.05) is 7.05 Å². The number of hydrogen-bond donors (Lipinski definition) is 1. The van der Waals surface area contributed by atoms with E-state index in [2.05, 4.69) is 22.2 Å². The van der Waals surface area contributed by atoms with Crippen LogP contribution >= 0.6 is 0 Å². The lowest BCUT2D eigenvalue weighted by Crippen LogP contribution is -2.26. The van der Waals surface area contributed by atoms with Crippen LogP contribution in [0.15, 0.2) is 0 Å². The molecule has 7 nitrogen and oxygen atoms in total. The lowest BCUT2D eigenvalue weighted by Gasteiger charge is -2.28. The number of anilines is 1. The van der Waals surface area contributed by atoms with Crippen molar-refractivity contribution >= 4 is 11.6 Å². The minimum absolute atomic E-state index is 0.00130. The smallest absolute Gasteiger partial charge is 0.352 e. The third-order valence-corrected chi connectivity index (χ3v) is 4.02. The van der Waals surface area contributed by atoms with Crippen molar-refractivity contribution in [2.45, 2.75) is 52.1 Å². The normalized spacial score (nSPS) is 21.9. The zero-order chi connectivity index (χ0) is 15.4. The van der Waals surface area contributed by atoms with E-state index in [9.17, 15) is 10.1 Å². The molecule has 1 aliphatic carbocycles. The minimum atomic E-state index is -0.468. The summed E-state index contributed by atoms with van der Waals surface area (Å²) in [6, 6.07) is 0. The van der Waals surface area contributed by atoms with Crippen LogP contribution in [0.2, 0.25) is 0 Å². The highest BCUT2D eigenvalue weighted by Gasteiger charge is 2.28. The molecule has 2 unspecified atom stereocenters. The van der Waals surface area contributed by atoms with Crippen LogP contribution in [0.5, 0.6) is 5.88 Å². The summed E-state index contributed by atoms with van der Waals surface area (Å²) in [5.41, 5.74) is 0.185. The first-order valence-corrected chi connectivity index (χ1v) is 7.42. The van der Waals surface area contributed by atoms with Crippen LogP contribution in [0.4, 0.5) is 11.6 Å². The molecule has 21 heavy (non-hydrogen) atoms. The van der Waals surface area contributed by atoms with Crippen LogP contribution in [-0.2, 0) is 0 Å². The van der Waals surface area contributed by atoms with E-state index in [-0.39, 0.29) is 17.7 Å². The second kappa shape index (κ2) is 6.69. The molecule has 0 aliphatic heterocycles. The van der Waals surface area contributed by atoms with Gasteiger partial charge in [-0.2, -0.15) is 4.98 Å². The Balaban J connectivity index is 2.25. The number of nitrogens with one attached hydrogen (secondary N) is 1. The van der Waals surface area contributed by atoms with Crippen molar-refractivity contribution in [3.63, 3.8) is 0 Å². The predicted molar refractivity (Wildman–Crippen MR) is 79.6 cm³/mol. The van der Waals surface area contributed by atoms with E-state index in [1.165, 1.54) is 6.42 Å². The molecule has 1 heterocycles. The summed E-state index contributed by atoms with van der Waals surface area (Å²) in [7, 11) is 1.68. The van der Waals surface area contributed by atoms with Crippen molar-refractivity contribution in [3.05, 3.63) is 15.8 Å². The number of ether oxygens (including phenoxy) is 1. The van der Waals surface area contributed by atoms with E-state index in [1.807, 2.05) is 0 Å². The van der Waals surface area contributed by atoms with Gasteiger partial charge in [-0.3, -0.25) is 10.1 Å². The Morgan fingerprint density at radius 3 is 2.81 bits per heavy atom. The van der Waals surface area contributed by atoms with E-state index in [0.29, 0.717) is 17.6 Å². The standard InChI is InChI=1S/C14H22N4O3/c1-4-10-6-5-7-11(8-10)21-13-12(18(19)20)9(2)16-14(15-3)17-13/h10-11H,4-8H2,1-3H3,(H,15,16,17). The van der Waals surface area contributed by atoms with Crippen LogP contribution in [0.1, 0.15) is 44.7 Å². The maximum atomic E-state index is 11.2. The highest BCUT2D eigenvalue weighted by atomic mass is 16.6. The first kappa shape index (κ1) is 15.5. The zero-order valence-electron chi connectivity index (χ0n) is 12.8. The largest absolute Gasteiger partial charge is 0.469 e. The average molecular weight is 294 g/mol. The van der Waals surface area contributed by atoms with Gasteiger partial charge in [-0.1, -0.05) is 19.8 Å². The molecule has 2 rings (SSSR count). The van der Waals surface area contributed by atoms with Gasteiger partial charge in [-0.15, -0.1) is 0 Å². The number of aryl methyl sites for hydroxylation is 1. The van der Waals surface area contributed by atoms with E-state index in [0.717, 1.165) is 25.7 Å². The Labute approximate surface area is 124 Å². The van der Waals surface area contributed by atoms with Gasteiger partial charge in [0.1, 0.15) is 11.8 Å². The summed E-state index contributed by atoms with van der Waals surface area (Å²) < 4.78 is 5.87. The maximum absolute atomic E-state index is 11.2. The molecule has 2 atom stereocenters. The van der Waals surface area contributed by atoms with Gasteiger partial charge < -0.3 is 10.1 Å². The molecule has 0 aromatic carbocycles. The molecule has 0 radical (unpaired) electrons. The zero-order valence-corrected chi connectivity index (χ0v) is 12.8. The lowest BCUT2D eigenvalue weighted by molar-refractivity contribution is -0.387. The molecule has 1 aromatic heterocycles. The third kappa shape index (κ3) is 3.59. The van der Waals surface area contributed by atoms with Crippen molar-refractivity contribution in [2.75, 3.05) is 12.4 Å². The summed E-state index contributed by atoms with van der Waals surface area (Å²) in [4.78, 5) is 18.9. The van der Waals surface area contributed by atoms with Crippen LogP contribution in [0.25, 0.3) is 0 Å². The van der Waals surface area contributed by atoms with Gasteiger partial charge in [0.2, 0.25) is 5.95 Å². The minimum Gasteiger partial charge on any atom is -0.469 e. The molecule has 1 aliphatic rings. The number of rotatable bonds is 5. The Morgan fingerprint density at radius 2 is 2.19 bits per heavy atom. The van der Waals surface area contributed by atoms with Gasteiger partial charge in [0.05, 0.1) is 4.92 Å². The summed E-state index contributed by atoms with van der Waals surface area (Å²) in [5.74, 6) is 1.06. The molecule has 0 amide bonds. The molecule has 0 spiro atoms. The summed E-state index contributed by atoms with van der Waals surface area (Å²) >= 11 is 0. The van der Waals surface area contributed by atoms with Crippen LogP contribution < -0.4 is 10.1 Å². The van der Waals surface area contributed by atoms with Crippen LogP contribution in [-0.4, -0.2) is 28.0 Å². The fourth-order valence-electron chi connectivity index (χ4n) is 2.82. The molecule has 1 aromatic rings. The molecule has 1 saturated carbocycles. The van der Waals surface area contributed by atoms with Crippen LogP contribution in [0, 0.1) is 23.0 Å². The van der Waals surface area contributed by atoms with Crippen molar-refractivity contribution in [3.8, 4) is 5.88 Å². The quantitative estimate of drug-likeness (QED) is 0.663. The Bertz CT molecular complexity index is 521. The fraction of sp³-hybridized carbons (Fsp3) is 0.714. The SMILES string of the molecule is CCC1CCCC(Oc2nc(NC)nc(C)c2[N+](=O)[O-])C1. The predicted octanol–water partition coefficient (Wildman–Crippen LogP) is 3.08. The summed E-state index contributed by atoms with van der Waals surface area (Å²) in [5, 5.41) is 14.0. The highest BCUT2D eigenvalue weighted by molar-refractivity contribution is 5.48. The topological polar surface area (TPSA) is 90.2 Å². The van der Waals surface area contributed by atoms with E-state index in [4.69, 9.17) is 4.74 Å². The second-order valence-corrected chi connectivity index (χ2v) is 5.47. The van der Waals surface area contributed by atoms with Gasteiger partial charge in [-0.25, -0.2) is 4.98 Å². The van der Waals surface area contributed by atoms with E-state index in [1.54, 1.807) is 14.0 Å². The fourth-order valence-corrected chi connectivity index (χ4v) is 2.82. The van der Waals surface area contributed by atoms with Crippen molar-refractivity contribution in [1.29, 1.82) is 0 Å². The Hall–Kier alpha value is -1.92. The third-order valence-electron chi connectivity index (χ3n) is 4.02. The van der Waals surface area contributed by atoms with Crippen molar-refractivity contribution in [1.82, 2.24) is 9.97 Å². The Kier molecular flexibility index (Phi) is 4.93. The number of aromatic nitrogens is 2. The van der Waals surface area contributed by atoms with E-state index < -0.39 is 4.92 Å². The molecule has 1 N–H and O–H groups in total. The van der Waals surface area contributed by atoms with Crippen LogP contribution in [0.3, 0.4) is 0 Å². The Morgan fingerprint density at radius 1 is 1.43 bits per heavy atom. The van der Waals surface area contributed by atoms with Gasteiger partial charge in [-0.05, 0) is 32.1 Å². The van der Waals surface area contributed by atoms with E-state index >= 15 is 0 Å². The molecule has 1 fully saturated rings. The van der Waals surface area contributed by atoms with Crippen molar-refractivity contribution < 1.29 is 9.66 Å². The van der Waals surface area contributed by atoms with Gasteiger partial charge in [0.25, 0.3) is 5.88 Å². The molecular weight excluding hydrogens is 272 g/mol. The molecule has 0 saturated heterocycles. The summed E-state index contributed by atoms with van der Waals surface area (Å²) in [6.07, 6.45) is 5.29. The molecule has 116 valence electrons. The van der Waals surface area contributed by atoms with Gasteiger partial charge in [0.15, 0.2) is 0 Å². The van der Waals surface area contributed by atoms with Gasteiger partial charge >= 0.3 is 5.69 Å². The second-order valence-electron chi connectivity index (χ2n) is 5.47. The maximum Gasteiger partial charge on any atom is 0.352 e. The number of hydrogen-bond acceptors (Lipinski definition) is 6. The number of nitrogens with zero attached hydrogens (tertiary/aromatic N) is 3. The highest BCUT2D eigenvalue weighted by Crippen LogP contribution is 2.34. The molecule has 7 heteroatoms. The first-order valence-electron chi connectivity index (χ1n) is 7.42.